The molecule has 1 aliphatic heterocycles. The van der Waals surface area contributed by atoms with Crippen LogP contribution in [0, 0.1) is 6.92 Å². The van der Waals surface area contributed by atoms with Crippen molar-refractivity contribution in [3.8, 4) is 11.5 Å². The number of anilines is 2. The Kier molecular flexibility index (Phi) is 5.03. The number of hydrogen-bond acceptors (Lipinski definition) is 5. The first-order chi connectivity index (χ1) is 12.4. The molecule has 0 radical (unpaired) electrons. The number of nitrogens with one attached hydrogen (secondary N) is 1. The van der Waals surface area contributed by atoms with Crippen LogP contribution in [0.4, 0.5) is 11.4 Å². The van der Waals surface area contributed by atoms with Crippen molar-refractivity contribution < 1.29 is 22.7 Å². The van der Waals surface area contributed by atoms with Gasteiger partial charge < -0.3 is 14.8 Å². The van der Waals surface area contributed by atoms with E-state index in [1.165, 1.54) is 6.92 Å². The number of benzene rings is 2. The Morgan fingerprint density at radius 2 is 1.81 bits per heavy atom. The Morgan fingerprint density at radius 1 is 1.12 bits per heavy atom. The van der Waals surface area contributed by atoms with Crippen molar-refractivity contribution in [2.24, 2.45) is 0 Å². The quantitative estimate of drug-likeness (QED) is 0.837. The average molecular weight is 376 g/mol. The van der Waals surface area contributed by atoms with E-state index in [0.29, 0.717) is 22.9 Å². The fourth-order valence-corrected chi connectivity index (χ4v) is 3.57. The van der Waals surface area contributed by atoms with Crippen molar-refractivity contribution in [2.45, 2.75) is 13.8 Å². The van der Waals surface area contributed by atoms with Crippen LogP contribution >= 0.6 is 0 Å². The standard InChI is InChI=1S/C18H20N2O5S/c1-3-26(22,23)20(15-8-9-16-17(10-15)25-12-24-16)11-18(21)19-14-6-4-13(2)5-7-14/h4-10H,3,11-12H2,1-2H3,(H,19,21). The van der Waals surface area contributed by atoms with E-state index < -0.39 is 15.9 Å². The molecule has 0 fully saturated rings. The normalized spacial score (nSPS) is 12.7. The Bertz CT molecular complexity index is 910. The molecule has 1 aliphatic rings. The molecule has 0 aromatic heterocycles. The summed E-state index contributed by atoms with van der Waals surface area (Å²) in [7, 11) is -3.65. The molecule has 0 atom stereocenters. The summed E-state index contributed by atoms with van der Waals surface area (Å²) in [5, 5.41) is 2.72. The van der Waals surface area contributed by atoms with Crippen molar-refractivity contribution in [1.29, 1.82) is 0 Å². The maximum absolute atomic E-state index is 12.5. The van der Waals surface area contributed by atoms with Crippen LogP contribution in [0.25, 0.3) is 0 Å². The van der Waals surface area contributed by atoms with Gasteiger partial charge in [-0.15, -0.1) is 0 Å². The molecule has 0 spiro atoms. The molecule has 1 amide bonds. The zero-order valence-corrected chi connectivity index (χ0v) is 15.4. The molecule has 0 saturated heterocycles. The SMILES string of the molecule is CCS(=O)(=O)N(CC(=O)Nc1ccc(C)cc1)c1ccc2c(c1)OCO2. The second-order valence-corrected chi connectivity index (χ2v) is 8.04. The number of sulfonamides is 1. The molecule has 0 saturated carbocycles. The Morgan fingerprint density at radius 3 is 2.50 bits per heavy atom. The van der Waals surface area contributed by atoms with E-state index in [9.17, 15) is 13.2 Å². The van der Waals surface area contributed by atoms with Gasteiger partial charge in [-0.25, -0.2) is 8.42 Å². The summed E-state index contributed by atoms with van der Waals surface area (Å²) >= 11 is 0. The first kappa shape index (κ1) is 18.1. The summed E-state index contributed by atoms with van der Waals surface area (Å²) in [4.78, 5) is 12.4. The van der Waals surface area contributed by atoms with E-state index in [1.54, 1.807) is 30.3 Å². The van der Waals surface area contributed by atoms with Crippen LogP contribution in [-0.2, 0) is 14.8 Å². The zero-order chi connectivity index (χ0) is 18.7. The molecule has 1 N–H and O–H groups in total. The lowest BCUT2D eigenvalue weighted by molar-refractivity contribution is -0.114. The monoisotopic (exact) mass is 376 g/mol. The second kappa shape index (κ2) is 7.25. The Hall–Kier alpha value is -2.74. The van der Waals surface area contributed by atoms with Gasteiger partial charge in [-0.3, -0.25) is 9.10 Å². The zero-order valence-electron chi connectivity index (χ0n) is 14.6. The summed E-state index contributed by atoms with van der Waals surface area (Å²) < 4.78 is 36.6. The topological polar surface area (TPSA) is 84.9 Å². The van der Waals surface area contributed by atoms with Gasteiger partial charge in [0.2, 0.25) is 22.7 Å². The molecule has 1 heterocycles. The van der Waals surface area contributed by atoms with Gasteiger partial charge in [0, 0.05) is 11.8 Å². The summed E-state index contributed by atoms with van der Waals surface area (Å²) in [5.74, 6) is 0.451. The number of aryl methyl sites for hydroxylation is 1. The van der Waals surface area contributed by atoms with Gasteiger partial charge in [-0.2, -0.15) is 0 Å². The van der Waals surface area contributed by atoms with Crippen molar-refractivity contribution in [2.75, 3.05) is 28.7 Å². The second-order valence-electron chi connectivity index (χ2n) is 5.86. The molecular formula is C18H20N2O5S. The molecule has 2 aromatic rings. The van der Waals surface area contributed by atoms with Crippen LogP contribution in [0.1, 0.15) is 12.5 Å². The van der Waals surface area contributed by atoms with Crippen LogP contribution in [0.2, 0.25) is 0 Å². The number of carbonyl (C=O) groups is 1. The molecule has 0 bridgehead atoms. The van der Waals surface area contributed by atoms with E-state index >= 15 is 0 Å². The summed E-state index contributed by atoms with van der Waals surface area (Å²) in [6, 6.07) is 12.1. The van der Waals surface area contributed by atoms with Gasteiger partial charge in [0.15, 0.2) is 11.5 Å². The van der Waals surface area contributed by atoms with Crippen LogP contribution < -0.4 is 19.1 Å². The molecule has 0 unspecified atom stereocenters. The number of hydrogen-bond donors (Lipinski definition) is 1. The summed E-state index contributed by atoms with van der Waals surface area (Å²) in [6.07, 6.45) is 0. The minimum atomic E-state index is -3.65. The lowest BCUT2D eigenvalue weighted by Gasteiger charge is -2.23. The first-order valence-electron chi connectivity index (χ1n) is 8.15. The fourth-order valence-electron chi connectivity index (χ4n) is 2.51. The number of nitrogens with zero attached hydrogens (tertiary/aromatic N) is 1. The average Bonchev–Trinajstić information content (AvgIpc) is 3.09. The number of ether oxygens (including phenoxy) is 2. The van der Waals surface area contributed by atoms with Crippen LogP contribution in [-0.4, -0.2) is 33.4 Å². The van der Waals surface area contributed by atoms with E-state index in [4.69, 9.17) is 9.47 Å². The third kappa shape index (κ3) is 3.91. The van der Waals surface area contributed by atoms with Gasteiger partial charge in [0.05, 0.1) is 11.4 Å². The largest absolute Gasteiger partial charge is 0.454 e. The predicted molar refractivity (Wildman–Crippen MR) is 99.2 cm³/mol. The molecule has 7 nitrogen and oxygen atoms in total. The highest BCUT2D eigenvalue weighted by Crippen LogP contribution is 2.36. The van der Waals surface area contributed by atoms with Crippen LogP contribution in [0.5, 0.6) is 11.5 Å². The summed E-state index contributed by atoms with van der Waals surface area (Å²) in [5.41, 5.74) is 2.04. The van der Waals surface area contributed by atoms with Gasteiger partial charge in [0.25, 0.3) is 0 Å². The molecule has 8 heteroatoms. The smallest absolute Gasteiger partial charge is 0.245 e. The maximum atomic E-state index is 12.5. The molecule has 0 aliphatic carbocycles. The molecular weight excluding hydrogens is 356 g/mol. The van der Waals surface area contributed by atoms with E-state index in [0.717, 1.165) is 9.87 Å². The molecule has 2 aromatic carbocycles. The first-order valence-corrected chi connectivity index (χ1v) is 9.76. The third-order valence-corrected chi connectivity index (χ3v) is 5.71. The molecule has 26 heavy (non-hydrogen) atoms. The minimum absolute atomic E-state index is 0.0905. The van der Waals surface area contributed by atoms with E-state index in [1.807, 2.05) is 19.1 Å². The Balaban J connectivity index is 1.83. The van der Waals surface area contributed by atoms with E-state index in [-0.39, 0.29) is 19.1 Å². The lowest BCUT2D eigenvalue weighted by Crippen LogP contribution is -2.39. The predicted octanol–water partition coefficient (Wildman–Crippen LogP) is 2.52. The minimum Gasteiger partial charge on any atom is -0.454 e. The number of fused-ring (bicyclic) bond motifs is 1. The van der Waals surface area contributed by atoms with Gasteiger partial charge in [0.1, 0.15) is 6.54 Å². The van der Waals surface area contributed by atoms with Gasteiger partial charge >= 0.3 is 0 Å². The van der Waals surface area contributed by atoms with Crippen molar-refractivity contribution >= 4 is 27.3 Å². The lowest BCUT2D eigenvalue weighted by atomic mass is 10.2. The van der Waals surface area contributed by atoms with Crippen LogP contribution in [0.15, 0.2) is 42.5 Å². The van der Waals surface area contributed by atoms with Crippen molar-refractivity contribution in [3.63, 3.8) is 0 Å². The van der Waals surface area contributed by atoms with Gasteiger partial charge in [-0.05, 0) is 38.1 Å². The van der Waals surface area contributed by atoms with Crippen molar-refractivity contribution in [3.05, 3.63) is 48.0 Å². The highest BCUT2D eigenvalue weighted by molar-refractivity contribution is 7.92. The highest BCUT2D eigenvalue weighted by Gasteiger charge is 2.25. The molecule has 3 rings (SSSR count). The number of rotatable bonds is 6. The number of amides is 1. The van der Waals surface area contributed by atoms with Gasteiger partial charge in [-0.1, -0.05) is 17.7 Å². The highest BCUT2D eigenvalue weighted by atomic mass is 32.2. The Labute approximate surface area is 152 Å². The maximum Gasteiger partial charge on any atom is 0.245 e. The summed E-state index contributed by atoms with van der Waals surface area (Å²) in [6.45, 7) is 3.24. The third-order valence-electron chi connectivity index (χ3n) is 3.97. The molecule has 138 valence electrons. The fraction of sp³-hybridized carbons (Fsp3) is 0.278. The van der Waals surface area contributed by atoms with E-state index in [2.05, 4.69) is 5.32 Å². The number of carbonyl (C=O) groups excluding carboxylic acids is 1. The van der Waals surface area contributed by atoms with Crippen LogP contribution in [0.3, 0.4) is 0 Å². The van der Waals surface area contributed by atoms with Crippen molar-refractivity contribution in [1.82, 2.24) is 0 Å².